The van der Waals surface area contributed by atoms with Crippen LogP contribution in [0.15, 0.2) is 42.5 Å². The maximum absolute atomic E-state index is 11.5. The van der Waals surface area contributed by atoms with Crippen molar-refractivity contribution in [1.29, 1.82) is 0 Å². The number of piperidine rings is 1. The lowest BCUT2D eigenvalue weighted by Crippen LogP contribution is -3.13. The number of likely N-dealkylation sites (tertiary alicyclic amines) is 1. The van der Waals surface area contributed by atoms with E-state index < -0.39 is 5.60 Å². The van der Waals surface area contributed by atoms with Gasteiger partial charge in [-0.2, -0.15) is 0 Å². The summed E-state index contributed by atoms with van der Waals surface area (Å²) in [7, 11) is 0. The molecule has 2 N–H and O–H groups in total. The van der Waals surface area contributed by atoms with E-state index in [4.69, 9.17) is 21.1 Å². The fraction of sp³-hybridized carbons (Fsp3) is 0.478. The normalized spacial score (nSPS) is 31.4. The standard InChI is InChI=1S/C23H26ClNO3/c24-19-7-2-1-5-17(19)14-25-12-11-23(26)10-4-3-6-18(23)22(25)16-8-9-20-21(13-16)28-15-27-20/h1-2,5,7-9,13,18,22,26H,3-4,6,10-12,14-15H2/p+1/t18-,22+,23-/m1/s1. The van der Waals surface area contributed by atoms with Crippen LogP contribution in [0.2, 0.25) is 5.02 Å². The molecule has 28 heavy (non-hydrogen) atoms. The molecular weight excluding hydrogens is 374 g/mol. The van der Waals surface area contributed by atoms with Gasteiger partial charge in [-0.1, -0.05) is 42.6 Å². The van der Waals surface area contributed by atoms with Gasteiger partial charge in [0.2, 0.25) is 6.79 Å². The van der Waals surface area contributed by atoms with Crippen LogP contribution in [0.25, 0.3) is 0 Å². The van der Waals surface area contributed by atoms with Crippen molar-refractivity contribution in [1.82, 2.24) is 0 Å². The molecule has 2 aromatic rings. The Morgan fingerprint density at radius 2 is 1.93 bits per heavy atom. The molecule has 2 aromatic carbocycles. The summed E-state index contributed by atoms with van der Waals surface area (Å²) in [5, 5.41) is 12.3. The number of hydrogen-bond acceptors (Lipinski definition) is 3. The van der Waals surface area contributed by atoms with E-state index in [0.717, 1.165) is 55.3 Å². The minimum Gasteiger partial charge on any atom is -0.454 e. The number of hydrogen-bond donors (Lipinski definition) is 2. The highest BCUT2D eigenvalue weighted by Crippen LogP contribution is 2.45. The van der Waals surface area contributed by atoms with Crippen molar-refractivity contribution in [3.63, 3.8) is 0 Å². The van der Waals surface area contributed by atoms with E-state index >= 15 is 0 Å². The van der Waals surface area contributed by atoms with Crippen molar-refractivity contribution >= 4 is 11.6 Å². The number of halogens is 1. The number of nitrogens with one attached hydrogen (secondary N) is 1. The van der Waals surface area contributed by atoms with E-state index in [2.05, 4.69) is 24.3 Å². The summed E-state index contributed by atoms with van der Waals surface area (Å²) in [6.07, 6.45) is 5.16. The summed E-state index contributed by atoms with van der Waals surface area (Å²) in [5.41, 5.74) is 1.85. The average molecular weight is 401 g/mol. The number of ether oxygens (including phenoxy) is 2. The first kappa shape index (κ1) is 18.3. The van der Waals surface area contributed by atoms with Crippen LogP contribution in [-0.4, -0.2) is 24.0 Å². The molecule has 4 atom stereocenters. The molecule has 1 unspecified atom stereocenters. The Morgan fingerprint density at radius 1 is 1.07 bits per heavy atom. The van der Waals surface area contributed by atoms with Crippen LogP contribution >= 0.6 is 11.6 Å². The highest BCUT2D eigenvalue weighted by Gasteiger charge is 2.51. The van der Waals surface area contributed by atoms with E-state index in [0.29, 0.717) is 0 Å². The van der Waals surface area contributed by atoms with E-state index in [1.54, 1.807) is 0 Å². The molecule has 5 rings (SSSR count). The predicted octanol–water partition coefficient (Wildman–Crippen LogP) is 3.52. The Kier molecular flexibility index (Phi) is 4.74. The van der Waals surface area contributed by atoms with Crippen LogP contribution in [0.4, 0.5) is 0 Å². The zero-order chi connectivity index (χ0) is 19.1. The van der Waals surface area contributed by atoms with Gasteiger partial charge in [0.25, 0.3) is 0 Å². The Labute approximate surface area is 171 Å². The first-order valence-corrected chi connectivity index (χ1v) is 10.7. The van der Waals surface area contributed by atoms with Gasteiger partial charge < -0.3 is 19.5 Å². The van der Waals surface area contributed by atoms with Crippen LogP contribution in [0.1, 0.15) is 49.3 Å². The highest BCUT2D eigenvalue weighted by molar-refractivity contribution is 6.31. The lowest BCUT2D eigenvalue weighted by molar-refractivity contribution is -0.958. The van der Waals surface area contributed by atoms with Crippen molar-refractivity contribution < 1.29 is 19.5 Å². The van der Waals surface area contributed by atoms with Gasteiger partial charge in [-0.25, -0.2) is 0 Å². The summed E-state index contributed by atoms with van der Waals surface area (Å²) in [4.78, 5) is 1.48. The molecule has 0 aromatic heterocycles. The van der Waals surface area contributed by atoms with E-state index in [1.165, 1.54) is 22.4 Å². The third kappa shape index (κ3) is 3.18. The lowest BCUT2D eigenvalue weighted by atomic mass is 9.66. The van der Waals surface area contributed by atoms with Gasteiger partial charge >= 0.3 is 0 Å². The third-order valence-electron chi connectivity index (χ3n) is 6.92. The van der Waals surface area contributed by atoms with Gasteiger partial charge in [0.05, 0.1) is 12.1 Å². The SMILES string of the molecule is O[C@@]12CCCC[C@@H]1[C@H](c1ccc3c(c1)OCO3)[NH+](Cc1ccccc1Cl)CC2. The predicted molar refractivity (Wildman–Crippen MR) is 108 cm³/mol. The maximum atomic E-state index is 11.5. The molecule has 4 nitrogen and oxygen atoms in total. The summed E-state index contributed by atoms with van der Waals surface area (Å²) >= 11 is 6.48. The molecule has 1 saturated heterocycles. The van der Waals surface area contributed by atoms with Crippen LogP contribution in [0.5, 0.6) is 11.5 Å². The number of aliphatic hydroxyl groups is 1. The monoisotopic (exact) mass is 400 g/mol. The Bertz CT molecular complexity index is 873. The Morgan fingerprint density at radius 3 is 2.82 bits per heavy atom. The zero-order valence-corrected chi connectivity index (χ0v) is 16.8. The largest absolute Gasteiger partial charge is 0.454 e. The molecule has 0 amide bonds. The second-order valence-electron chi connectivity index (χ2n) is 8.47. The van der Waals surface area contributed by atoms with E-state index in [1.807, 2.05) is 18.2 Å². The third-order valence-corrected chi connectivity index (χ3v) is 7.29. The van der Waals surface area contributed by atoms with E-state index in [-0.39, 0.29) is 18.8 Å². The number of rotatable bonds is 3. The smallest absolute Gasteiger partial charge is 0.231 e. The van der Waals surface area contributed by atoms with Crippen molar-refractivity contribution in [3.05, 3.63) is 58.6 Å². The summed E-state index contributed by atoms with van der Waals surface area (Å²) < 4.78 is 11.2. The lowest BCUT2D eigenvalue weighted by Gasteiger charge is -2.50. The van der Waals surface area contributed by atoms with Crippen LogP contribution in [-0.2, 0) is 6.54 Å². The molecule has 5 heteroatoms. The topological polar surface area (TPSA) is 43.1 Å². The minimum atomic E-state index is -0.552. The molecule has 0 radical (unpaired) electrons. The molecule has 3 aliphatic rings. The number of fused-ring (bicyclic) bond motifs is 2. The minimum absolute atomic E-state index is 0.227. The van der Waals surface area contributed by atoms with E-state index in [9.17, 15) is 5.11 Å². The molecule has 1 aliphatic carbocycles. The molecule has 0 bridgehead atoms. The van der Waals surface area contributed by atoms with Crippen molar-refractivity contribution in [3.8, 4) is 11.5 Å². The van der Waals surface area contributed by atoms with Gasteiger partial charge in [0.1, 0.15) is 12.6 Å². The molecule has 0 spiro atoms. The Balaban J connectivity index is 1.53. The van der Waals surface area contributed by atoms with Crippen LogP contribution < -0.4 is 14.4 Å². The number of quaternary nitrogens is 1. The summed E-state index contributed by atoms with van der Waals surface area (Å²) in [6.45, 7) is 2.09. The summed E-state index contributed by atoms with van der Waals surface area (Å²) in [6, 6.07) is 14.6. The molecule has 2 heterocycles. The fourth-order valence-corrected chi connectivity index (χ4v) is 5.72. The number of benzene rings is 2. The average Bonchev–Trinajstić information content (AvgIpc) is 3.17. The Hall–Kier alpha value is -1.75. The first-order valence-electron chi connectivity index (χ1n) is 10.3. The van der Waals surface area contributed by atoms with Gasteiger partial charge in [0.15, 0.2) is 11.5 Å². The molecule has 2 aliphatic heterocycles. The highest BCUT2D eigenvalue weighted by atomic mass is 35.5. The summed E-state index contributed by atoms with van der Waals surface area (Å²) in [5.74, 6) is 1.89. The van der Waals surface area contributed by atoms with Crippen molar-refractivity contribution in [2.24, 2.45) is 5.92 Å². The van der Waals surface area contributed by atoms with Crippen LogP contribution in [0, 0.1) is 5.92 Å². The van der Waals surface area contributed by atoms with Gasteiger partial charge in [-0.3, -0.25) is 0 Å². The second-order valence-corrected chi connectivity index (χ2v) is 8.88. The molecule has 148 valence electrons. The quantitative estimate of drug-likeness (QED) is 0.828. The maximum Gasteiger partial charge on any atom is 0.231 e. The van der Waals surface area contributed by atoms with Crippen LogP contribution in [0.3, 0.4) is 0 Å². The first-order chi connectivity index (χ1) is 13.6. The zero-order valence-electron chi connectivity index (χ0n) is 16.0. The van der Waals surface area contributed by atoms with Gasteiger partial charge in [-0.15, -0.1) is 0 Å². The van der Waals surface area contributed by atoms with Gasteiger partial charge in [0, 0.05) is 28.5 Å². The fourth-order valence-electron chi connectivity index (χ4n) is 5.51. The molecular formula is C23H27ClNO3+. The molecule has 2 fully saturated rings. The van der Waals surface area contributed by atoms with Crippen molar-refractivity contribution in [2.45, 2.75) is 50.3 Å². The van der Waals surface area contributed by atoms with Gasteiger partial charge in [-0.05, 0) is 37.1 Å². The van der Waals surface area contributed by atoms with Crippen molar-refractivity contribution in [2.75, 3.05) is 13.3 Å². The molecule has 1 saturated carbocycles. The second kappa shape index (κ2) is 7.25.